The minimum atomic E-state index is -3.02. The zero-order chi connectivity index (χ0) is 22.6. The van der Waals surface area contributed by atoms with Crippen molar-refractivity contribution in [3.05, 3.63) is 29.6 Å². The van der Waals surface area contributed by atoms with Gasteiger partial charge in [0.25, 0.3) is 5.92 Å². The maximum Gasteiger partial charge on any atom is 0.267 e. The molecular weight excluding hydrogens is 411 g/mol. The number of halogens is 3. The Morgan fingerprint density at radius 3 is 2.71 bits per heavy atom. The molecule has 2 saturated heterocycles. The Morgan fingerprint density at radius 2 is 2.06 bits per heavy atom. The van der Waals surface area contributed by atoms with Crippen molar-refractivity contribution in [2.45, 2.75) is 63.3 Å². The topological polar surface area (TPSA) is 78.5 Å². The van der Waals surface area contributed by atoms with Crippen LogP contribution in [0.1, 0.15) is 56.9 Å². The third-order valence-corrected chi connectivity index (χ3v) is 5.97. The summed E-state index contributed by atoms with van der Waals surface area (Å²) in [5.41, 5.74) is 0.261. The second-order valence-corrected chi connectivity index (χ2v) is 8.26. The van der Waals surface area contributed by atoms with Crippen LogP contribution in [0.25, 0.3) is 0 Å². The molecule has 0 aromatic heterocycles. The zero-order valence-electron chi connectivity index (χ0n) is 17.6. The number of nitrogens with one attached hydrogen (secondary N) is 2. The number of benzene rings is 1. The van der Waals surface area contributed by atoms with Gasteiger partial charge in [0.2, 0.25) is 11.8 Å². The molecule has 2 aliphatic heterocycles. The van der Waals surface area contributed by atoms with Crippen LogP contribution < -0.4 is 10.6 Å². The van der Waals surface area contributed by atoms with Crippen LogP contribution in [0.15, 0.2) is 18.2 Å². The fraction of sp³-hybridized carbons (Fsp3) is 0.591. The van der Waals surface area contributed by atoms with Crippen LogP contribution in [-0.2, 0) is 14.4 Å². The summed E-state index contributed by atoms with van der Waals surface area (Å²) in [4.78, 5) is 36.1. The number of nitrogens with zero attached hydrogens (tertiary/aromatic N) is 1. The number of amides is 2. The van der Waals surface area contributed by atoms with Crippen LogP contribution in [0.4, 0.5) is 18.9 Å². The number of anilines is 1. The van der Waals surface area contributed by atoms with Gasteiger partial charge in [0.15, 0.2) is 0 Å². The summed E-state index contributed by atoms with van der Waals surface area (Å²) in [7, 11) is 0. The Hall–Kier alpha value is -2.42. The first kappa shape index (κ1) is 23.2. The molecule has 170 valence electrons. The average molecular weight is 439 g/mol. The molecule has 2 aliphatic rings. The molecule has 1 aromatic carbocycles. The molecule has 0 aliphatic carbocycles. The van der Waals surface area contributed by atoms with E-state index in [0.29, 0.717) is 32.4 Å². The third-order valence-electron chi connectivity index (χ3n) is 5.97. The molecule has 0 saturated carbocycles. The third kappa shape index (κ3) is 5.84. The molecule has 1 aromatic rings. The summed E-state index contributed by atoms with van der Waals surface area (Å²) in [5, 5.41) is 4.94. The van der Waals surface area contributed by atoms with Crippen LogP contribution in [0.2, 0.25) is 0 Å². The van der Waals surface area contributed by atoms with Crippen LogP contribution >= 0.6 is 0 Å². The van der Waals surface area contributed by atoms with Crippen molar-refractivity contribution in [2.24, 2.45) is 0 Å². The second kappa shape index (κ2) is 9.80. The van der Waals surface area contributed by atoms with E-state index < -0.39 is 36.2 Å². The lowest BCUT2D eigenvalue weighted by Crippen LogP contribution is -2.48. The van der Waals surface area contributed by atoms with Gasteiger partial charge in [-0.25, -0.2) is 13.2 Å². The summed E-state index contributed by atoms with van der Waals surface area (Å²) in [6.07, 6.45) is 2.00. The molecule has 6 nitrogen and oxygen atoms in total. The number of imide groups is 1. The summed E-state index contributed by atoms with van der Waals surface area (Å²) in [6, 6.07) is 3.18. The maximum atomic E-state index is 14.8. The Balaban J connectivity index is 1.61. The van der Waals surface area contributed by atoms with Gasteiger partial charge in [-0.1, -0.05) is 13.0 Å². The molecule has 0 spiro atoms. The van der Waals surface area contributed by atoms with E-state index in [1.165, 1.54) is 12.1 Å². The largest absolute Gasteiger partial charge is 0.371 e. The van der Waals surface area contributed by atoms with E-state index in [1.54, 1.807) is 11.8 Å². The molecule has 31 heavy (non-hydrogen) atoms. The van der Waals surface area contributed by atoms with Gasteiger partial charge in [-0.2, -0.15) is 0 Å². The molecule has 2 unspecified atom stereocenters. The SMILES string of the molecule is CCC(=O)CCCN1CCC(c2ccc(NC3CCC(=O)NC3=O)c(F)c2)C(F)(F)C1. The van der Waals surface area contributed by atoms with Crippen molar-refractivity contribution in [1.82, 2.24) is 10.2 Å². The van der Waals surface area contributed by atoms with Crippen molar-refractivity contribution >= 4 is 23.3 Å². The highest BCUT2D eigenvalue weighted by molar-refractivity contribution is 6.01. The number of rotatable bonds is 8. The van der Waals surface area contributed by atoms with E-state index in [9.17, 15) is 27.6 Å². The number of carbonyl (C=O) groups is 3. The molecule has 0 bridgehead atoms. The van der Waals surface area contributed by atoms with E-state index in [-0.39, 0.29) is 42.2 Å². The van der Waals surface area contributed by atoms with Crippen molar-refractivity contribution in [3.63, 3.8) is 0 Å². The number of carbonyl (C=O) groups excluding carboxylic acids is 3. The lowest BCUT2D eigenvalue weighted by molar-refractivity contribution is -0.133. The standard InChI is InChI=1S/C22H28F3N3O3/c1-2-15(29)4-3-10-28-11-9-16(22(24,25)13-28)14-5-6-18(17(23)12-14)26-19-7-8-20(30)27-21(19)31/h5-6,12,16,19,26H,2-4,7-11,13H2,1H3,(H,27,30,31). The van der Waals surface area contributed by atoms with Gasteiger partial charge in [-0.3, -0.25) is 24.6 Å². The van der Waals surface area contributed by atoms with E-state index in [0.717, 1.165) is 6.07 Å². The molecule has 2 amide bonds. The highest BCUT2D eigenvalue weighted by Gasteiger charge is 2.45. The summed E-state index contributed by atoms with van der Waals surface area (Å²) in [6.45, 7) is 2.26. The van der Waals surface area contributed by atoms with Crippen LogP contribution in [0.5, 0.6) is 0 Å². The van der Waals surface area contributed by atoms with Gasteiger partial charge in [0, 0.05) is 19.3 Å². The summed E-state index contributed by atoms with van der Waals surface area (Å²) in [5.74, 6) is -5.59. The van der Waals surface area contributed by atoms with Crippen LogP contribution in [0, 0.1) is 5.82 Å². The van der Waals surface area contributed by atoms with E-state index in [1.807, 2.05) is 0 Å². The van der Waals surface area contributed by atoms with Crippen molar-refractivity contribution < 1.29 is 27.6 Å². The Morgan fingerprint density at radius 1 is 1.29 bits per heavy atom. The first-order valence-corrected chi connectivity index (χ1v) is 10.7. The Labute approximate surface area is 179 Å². The highest BCUT2D eigenvalue weighted by atomic mass is 19.3. The number of ketones is 1. The lowest BCUT2D eigenvalue weighted by Gasteiger charge is -2.38. The molecule has 2 atom stereocenters. The number of likely N-dealkylation sites (tertiary alicyclic amines) is 1. The lowest BCUT2D eigenvalue weighted by atomic mass is 9.86. The minimum Gasteiger partial charge on any atom is -0.371 e. The molecule has 0 radical (unpaired) electrons. The predicted octanol–water partition coefficient (Wildman–Crippen LogP) is 3.23. The van der Waals surface area contributed by atoms with Crippen LogP contribution in [-0.4, -0.2) is 54.1 Å². The number of Topliss-reactive ketones (excluding diaryl/α,β-unsaturated/α-hetero) is 1. The molecular formula is C22H28F3N3O3. The van der Waals surface area contributed by atoms with Crippen molar-refractivity contribution in [3.8, 4) is 0 Å². The van der Waals surface area contributed by atoms with Gasteiger partial charge >= 0.3 is 0 Å². The smallest absolute Gasteiger partial charge is 0.267 e. The predicted molar refractivity (Wildman–Crippen MR) is 109 cm³/mol. The average Bonchev–Trinajstić information content (AvgIpc) is 2.70. The monoisotopic (exact) mass is 439 g/mol. The number of hydrogen-bond donors (Lipinski definition) is 2. The maximum absolute atomic E-state index is 14.8. The quantitative estimate of drug-likeness (QED) is 0.608. The van der Waals surface area contributed by atoms with E-state index >= 15 is 0 Å². The molecule has 9 heteroatoms. The first-order chi connectivity index (χ1) is 14.7. The van der Waals surface area contributed by atoms with Gasteiger partial charge in [-0.15, -0.1) is 0 Å². The summed E-state index contributed by atoms with van der Waals surface area (Å²) >= 11 is 0. The van der Waals surface area contributed by atoms with Gasteiger partial charge in [0.05, 0.1) is 18.2 Å². The van der Waals surface area contributed by atoms with Crippen molar-refractivity contribution in [1.29, 1.82) is 0 Å². The molecule has 2 N–H and O–H groups in total. The van der Waals surface area contributed by atoms with Crippen molar-refractivity contribution in [2.75, 3.05) is 25.0 Å². The van der Waals surface area contributed by atoms with Gasteiger partial charge < -0.3 is 5.32 Å². The fourth-order valence-corrected chi connectivity index (χ4v) is 4.17. The Kier molecular flexibility index (Phi) is 7.35. The second-order valence-electron chi connectivity index (χ2n) is 8.26. The molecule has 3 rings (SSSR count). The first-order valence-electron chi connectivity index (χ1n) is 10.7. The minimum absolute atomic E-state index is 0.0413. The van der Waals surface area contributed by atoms with Gasteiger partial charge in [-0.05, 0) is 50.0 Å². The number of hydrogen-bond acceptors (Lipinski definition) is 5. The molecule has 2 heterocycles. The van der Waals surface area contributed by atoms with Gasteiger partial charge in [0.1, 0.15) is 17.6 Å². The Bertz CT molecular complexity index is 847. The number of piperidine rings is 2. The number of alkyl halides is 2. The summed E-state index contributed by atoms with van der Waals surface area (Å²) < 4.78 is 44.3. The normalized spacial score (nSPS) is 24.0. The molecule has 2 fully saturated rings. The highest BCUT2D eigenvalue weighted by Crippen LogP contribution is 2.41. The van der Waals surface area contributed by atoms with E-state index in [2.05, 4.69) is 10.6 Å². The van der Waals surface area contributed by atoms with Crippen LogP contribution in [0.3, 0.4) is 0 Å². The fourth-order valence-electron chi connectivity index (χ4n) is 4.17. The zero-order valence-corrected chi connectivity index (χ0v) is 17.6. The van der Waals surface area contributed by atoms with E-state index in [4.69, 9.17) is 0 Å².